The predicted octanol–water partition coefficient (Wildman–Crippen LogP) is 0.926. The van der Waals surface area contributed by atoms with Crippen molar-refractivity contribution in [3.05, 3.63) is 35.9 Å². The van der Waals surface area contributed by atoms with Gasteiger partial charge in [0, 0.05) is 6.04 Å². The van der Waals surface area contributed by atoms with Gasteiger partial charge in [0.15, 0.2) is 0 Å². The monoisotopic (exact) mass is 276 g/mol. The number of nitrogens with two attached hydrogens (primary N) is 1. The molecule has 0 bridgehead atoms. The fourth-order valence-corrected chi connectivity index (χ4v) is 2.61. The van der Waals surface area contributed by atoms with Crippen LogP contribution in [0.5, 0.6) is 0 Å². The highest BCUT2D eigenvalue weighted by Crippen LogP contribution is 2.25. The molecule has 1 aliphatic carbocycles. The van der Waals surface area contributed by atoms with Crippen molar-refractivity contribution in [3.8, 4) is 0 Å². The molecule has 0 spiro atoms. The minimum absolute atomic E-state index is 0.0644. The van der Waals surface area contributed by atoms with E-state index in [1.54, 1.807) is 0 Å². The van der Waals surface area contributed by atoms with Crippen LogP contribution >= 0.6 is 0 Å². The summed E-state index contributed by atoms with van der Waals surface area (Å²) >= 11 is 0. The van der Waals surface area contributed by atoms with Gasteiger partial charge in [-0.05, 0) is 31.2 Å². The maximum absolute atomic E-state index is 12.0. The number of carbonyl (C=O) groups is 2. The van der Waals surface area contributed by atoms with E-state index in [9.17, 15) is 9.59 Å². The standard InChI is InChI=1S/C15H20N2O3/c16-13(8-10-4-2-1-3-5-10)14(18)17-12-7-6-11(9-12)15(19)20/h1-5,11-13H,6-9,16H2,(H,17,18)(H,19,20)/t11-,12+,13-/m1/s1. The van der Waals surface area contributed by atoms with Crippen LogP contribution in [0.3, 0.4) is 0 Å². The van der Waals surface area contributed by atoms with Crippen molar-refractivity contribution in [2.45, 2.75) is 37.8 Å². The first-order valence-electron chi connectivity index (χ1n) is 6.89. The minimum atomic E-state index is -0.782. The first kappa shape index (κ1) is 14.5. The van der Waals surface area contributed by atoms with Gasteiger partial charge in [-0.15, -0.1) is 0 Å². The molecule has 20 heavy (non-hydrogen) atoms. The van der Waals surface area contributed by atoms with Crippen molar-refractivity contribution < 1.29 is 14.7 Å². The topological polar surface area (TPSA) is 92.4 Å². The van der Waals surface area contributed by atoms with Crippen LogP contribution in [0.4, 0.5) is 0 Å². The summed E-state index contributed by atoms with van der Waals surface area (Å²) < 4.78 is 0. The summed E-state index contributed by atoms with van der Waals surface area (Å²) in [5.74, 6) is -1.33. The number of carboxylic acids is 1. The number of rotatable bonds is 5. The van der Waals surface area contributed by atoms with Gasteiger partial charge >= 0.3 is 5.97 Å². The quantitative estimate of drug-likeness (QED) is 0.746. The molecule has 0 aliphatic heterocycles. The van der Waals surface area contributed by atoms with Crippen molar-refractivity contribution in [1.82, 2.24) is 5.32 Å². The Hall–Kier alpha value is -1.88. The lowest BCUT2D eigenvalue weighted by Gasteiger charge is -2.17. The largest absolute Gasteiger partial charge is 0.481 e. The molecule has 0 unspecified atom stereocenters. The number of carboxylic acid groups (broad SMARTS) is 1. The van der Waals surface area contributed by atoms with E-state index in [1.807, 2.05) is 30.3 Å². The minimum Gasteiger partial charge on any atom is -0.481 e. The Morgan fingerprint density at radius 2 is 2.00 bits per heavy atom. The zero-order chi connectivity index (χ0) is 14.5. The predicted molar refractivity (Wildman–Crippen MR) is 75.0 cm³/mol. The van der Waals surface area contributed by atoms with E-state index >= 15 is 0 Å². The molecule has 2 rings (SSSR count). The van der Waals surface area contributed by atoms with Crippen LogP contribution in [-0.2, 0) is 16.0 Å². The highest BCUT2D eigenvalue weighted by Gasteiger charge is 2.31. The summed E-state index contributed by atoms with van der Waals surface area (Å²) in [6.45, 7) is 0. The number of carbonyl (C=O) groups excluding carboxylic acids is 1. The van der Waals surface area contributed by atoms with Crippen LogP contribution in [0, 0.1) is 5.92 Å². The maximum Gasteiger partial charge on any atom is 0.306 e. The molecule has 0 saturated heterocycles. The van der Waals surface area contributed by atoms with Crippen LogP contribution in [0.1, 0.15) is 24.8 Å². The van der Waals surface area contributed by atoms with Crippen LogP contribution in [0.2, 0.25) is 0 Å². The molecular formula is C15H20N2O3. The lowest BCUT2D eigenvalue weighted by Crippen LogP contribution is -2.45. The molecule has 1 aromatic rings. The number of nitrogens with one attached hydrogen (secondary N) is 1. The van der Waals surface area contributed by atoms with Gasteiger partial charge in [-0.2, -0.15) is 0 Å². The Bertz CT molecular complexity index is 475. The molecule has 3 atom stereocenters. The van der Waals surface area contributed by atoms with Gasteiger partial charge in [0.25, 0.3) is 0 Å². The molecule has 5 heteroatoms. The van der Waals surface area contributed by atoms with Crippen LogP contribution in [0.25, 0.3) is 0 Å². The molecule has 0 aromatic heterocycles. The van der Waals surface area contributed by atoms with E-state index in [1.165, 1.54) is 0 Å². The molecule has 1 aromatic carbocycles. The van der Waals surface area contributed by atoms with Crippen molar-refractivity contribution in [1.29, 1.82) is 0 Å². The van der Waals surface area contributed by atoms with Gasteiger partial charge < -0.3 is 16.2 Å². The Morgan fingerprint density at radius 3 is 2.60 bits per heavy atom. The molecule has 1 saturated carbocycles. The van der Waals surface area contributed by atoms with Gasteiger partial charge in [0.1, 0.15) is 0 Å². The van der Waals surface area contributed by atoms with Crippen LogP contribution in [0.15, 0.2) is 30.3 Å². The van der Waals surface area contributed by atoms with Crippen molar-refractivity contribution in [3.63, 3.8) is 0 Å². The molecule has 5 nitrogen and oxygen atoms in total. The van der Waals surface area contributed by atoms with Gasteiger partial charge in [-0.3, -0.25) is 9.59 Å². The summed E-state index contributed by atoms with van der Waals surface area (Å²) in [6.07, 6.45) is 2.32. The summed E-state index contributed by atoms with van der Waals surface area (Å²) in [4.78, 5) is 22.9. The van der Waals surface area contributed by atoms with Crippen molar-refractivity contribution >= 4 is 11.9 Å². The van der Waals surface area contributed by atoms with Gasteiger partial charge in [0.2, 0.25) is 5.91 Å². The van der Waals surface area contributed by atoms with Crippen molar-refractivity contribution in [2.24, 2.45) is 11.7 Å². The molecule has 1 amide bonds. The normalized spacial score (nSPS) is 23.2. The first-order valence-corrected chi connectivity index (χ1v) is 6.89. The highest BCUT2D eigenvalue weighted by atomic mass is 16.4. The highest BCUT2D eigenvalue weighted by molar-refractivity contribution is 5.82. The average molecular weight is 276 g/mol. The van der Waals surface area contributed by atoms with E-state index in [0.717, 1.165) is 5.56 Å². The van der Waals surface area contributed by atoms with Crippen LogP contribution < -0.4 is 11.1 Å². The first-order chi connectivity index (χ1) is 9.56. The third-order valence-electron chi connectivity index (χ3n) is 3.76. The third-order valence-corrected chi connectivity index (χ3v) is 3.76. The van der Waals surface area contributed by atoms with E-state index in [2.05, 4.69) is 5.32 Å². The summed E-state index contributed by atoms with van der Waals surface area (Å²) in [7, 11) is 0. The maximum atomic E-state index is 12.0. The number of aliphatic carboxylic acids is 1. The zero-order valence-corrected chi connectivity index (χ0v) is 11.3. The van der Waals surface area contributed by atoms with Gasteiger partial charge in [-0.25, -0.2) is 0 Å². The van der Waals surface area contributed by atoms with Crippen molar-refractivity contribution in [2.75, 3.05) is 0 Å². The molecule has 0 radical (unpaired) electrons. The van der Waals surface area contributed by atoms with Crippen LogP contribution in [-0.4, -0.2) is 29.1 Å². The van der Waals surface area contributed by atoms with E-state index in [0.29, 0.717) is 25.7 Å². The summed E-state index contributed by atoms with van der Waals surface area (Å²) in [6, 6.07) is 8.95. The lowest BCUT2D eigenvalue weighted by atomic mass is 10.1. The SMILES string of the molecule is N[C@H](Cc1ccccc1)C(=O)N[C@H]1CC[C@@H](C(=O)O)C1. The molecule has 0 heterocycles. The number of hydrogen-bond acceptors (Lipinski definition) is 3. The number of benzene rings is 1. The Balaban J connectivity index is 1.81. The number of hydrogen-bond donors (Lipinski definition) is 3. The second-order valence-corrected chi connectivity index (χ2v) is 5.35. The smallest absolute Gasteiger partial charge is 0.306 e. The fraction of sp³-hybridized carbons (Fsp3) is 0.467. The van der Waals surface area contributed by atoms with E-state index in [-0.39, 0.29) is 17.9 Å². The molecule has 1 fully saturated rings. The second kappa shape index (κ2) is 6.52. The number of amides is 1. The molecule has 1 aliphatic rings. The summed E-state index contributed by atoms with van der Waals surface area (Å²) in [5.41, 5.74) is 6.91. The van der Waals surface area contributed by atoms with Gasteiger partial charge in [-0.1, -0.05) is 30.3 Å². The molecule has 108 valence electrons. The average Bonchev–Trinajstić information content (AvgIpc) is 2.88. The van der Waals surface area contributed by atoms with Gasteiger partial charge in [0.05, 0.1) is 12.0 Å². The Morgan fingerprint density at radius 1 is 1.30 bits per heavy atom. The third kappa shape index (κ3) is 3.81. The molecule has 4 N–H and O–H groups in total. The molecular weight excluding hydrogens is 256 g/mol. The second-order valence-electron chi connectivity index (χ2n) is 5.35. The lowest BCUT2D eigenvalue weighted by molar-refractivity contribution is -0.141. The van der Waals surface area contributed by atoms with E-state index < -0.39 is 12.0 Å². The summed E-state index contributed by atoms with van der Waals surface area (Å²) in [5, 5.41) is 11.8. The fourth-order valence-electron chi connectivity index (χ4n) is 2.61. The Labute approximate surface area is 118 Å². The Kier molecular flexibility index (Phi) is 4.74. The zero-order valence-electron chi connectivity index (χ0n) is 11.3. The van der Waals surface area contributed by atoms with E-state index in [4.69, 9.17) is 10.8 Å².